The number of carbonyl (C=O) groups is 2. The Labute approximate surface area is 171 Å². The highest BCUT2D eigenvalue weighted by Gasteiger charge is 2.40. The molecule has 0 saturated carbocycles. The lowest BCUT2D eigenvalue weighted by molar-refractivity contribution is -0.131. The molecular formula is C21H22BrFN2O3. The van der Waals surface area contributed by atoms with Crippen LogP contribution in [0.4, 0.5) is 4.39 Å². The van der Waals surface area contributed by atoms with E-state index in [2.05, 4.69) is 21.2 Å². The molecule has 1 atom stereocenters. The first-order valence-corrected chi connectivity index (χ1v) is 10.3. The summed E-state index contributed by atoms with van der Waals surface area (Å²) in [6.07, 6.45) is 2.04. The van der Waals surface area contributed by atoms with Gasteiger partial charge < -0.3 is 15.0 Å². The third kappa shape index (κ3) is 3.42. The zero-order valence-electron chi connectivity index (χ0n) is 15.7. The smallest absolute Gasteiger partial charge is 0.252 e. The van der Waals surface area contributed by atoms with E-state index in [1.54, 1.807) is 17.0 Å². The summed E-state index contributed by atoms with van der Waals surface area (Å²) in [5, 5.41) is 3.32. The van der Waals surface area contributed by atoms with Gasteiger partial charge in [0.1, 0.15) is 5.82 Å². The fraction of sp³-hybridized carbons (Fsp3) is 0.429. The maximum absolute atomic E-state index is 13.9. The summed E-state index contributed by atoms with van der Waals surface area (Å²) < 4.78 is 19.6. The quantitative estimate of drug-likeness (QED) is 0.752. The molecule has 1 aromatic carbocycles. The van der Waals surface area contributed by atoms with Crippen LogP contribution in [-0.4, -0.2) is 42.9 Å². The molecule has 5 nitrogen and oxygen atoms in total. The van der Waals surface area contributed by atoms with Gasteiger partial charge in [0, 0.05) is 48.0 Å². The Bertz CT molecular complexity index is 903. The van der Waals surface area contributed by atoms with Gasteiger partial charge in [-0.25, -0.2) is 4.39 Å². The molecule has 0 radical (unpaired) electrons. The third-order valence-electron chi connectivity index (χ3n) is 5.58. The molecule has 2 aliphatic heterocycles. The predicted molar refractivity (Wildman–Crippen MR) is 106 cm³/mol. The molecule has 0 bridgehead atoms. The lowest BCUT2D eigenvalue weighted by Gasteiger charge is -2.37. The van der Waals surface area contributed by atoms with E-state index >= 15 is 0 Å². The molecule has 1 aliphatic carbocycles. The van der Waals surface area contributed by atoms with Gasteiger partial charge in [-0.3, -0.25) is 9.59 Å². The average molecular weight is 449 g/mol. The normalized spacial score (nSPS) is 22.9. The number of nitrogens with one attached hydrogen (secondary N) is 1. The second-order valence-corrected chi connectivity index (χ2v) is 8.20. The van der Waals surface area contributed by atoms with Gasteiger partial charge in [0.2, 0.25) is 0 Å². The van der Waals surface area contributed by atoms with Crippen molar-refractivity contribution >= 4 is 27.6 Å². The summed E-state index contributed by atoms with van der Waals surface area (Å²) >= 11 is 3.24. The molecule has 28 heavy (non-hydrogen) atoms. The highest BCUT2D eigenvalue weighted by molar-refractivity contribution is 9.10. The van der Waals surface area contributed by atoms with E-state index in [4.69, 9.17) is 4.74 Å². The number of rotatable bonds is 2. The number of morpholine rings is 1. The van der Waals surface area contributed by atoms with Crippen LogP contribution in [0.5, 0.6) is 0 Å². The van der Waals surface area contributed by atoms with Gasteiger partial charge in [-0.05, 0) is 53.4 Å². The molecule has 0 unspecified atom stereocenters. The van der Waals surface area contributed by atoms with Crippen LogP contribution in [0, 0.1) is 5.82 Å². The van der Waals surface area contributed by atoms with E-state index in [1.165, 1.54) is 6.07 Å². The summed E-state index contributed by atoms with van der Waals surface area (Å²) in [6.45, 7) is 3.93. The van der Waals surface area contributed by atoms with Gasteiger partial charge in [0.05, 0.1) is 17.7 Å². The standard InChI is InChI=1S/C21H22BrFN2O3/c1-12-18(21(27)25-7-9-28-10-8-25)19(13-5-6-15(23)14(22)11-13)20-16(24-12)3-2-4-17(20)26/h5-6,11,19,24H,2-4,7-10H2,1H3/t19-/m0/s1. The van der Waals surface area contributed by atoms with E-state index in [9.17, 15) is 14.0 Å². The van der Waals surface area contributed by atoms with Gasteiger partial charge >= 0.3 is 0 Å². The lowest BCUT2D eigenvalue weighted by atomic mass is 9.75. The largest absolute Gasteiger partial charge is 0.378 e. The monoisotopic (exact) mass is 448 g/mol. The number of Topliss-reactive ketones (excluding diaryl/α,β-unsaturated/α-hetero) is 1. The molecule has 0 aromatic heterocycles. The lowest BCUT2D eigenvalue weighted by Crippen LogP contribution is -2.44. The molecule has 7 heteroatoms. The van der Waals surface area contributed by atoms with Crippen molar-refractivity contribution in [2.75, 3.05) is 26.3 Å². The molecule has 1 saturated heterocycles. The number of allylic oxidation sites excluding steroid dienone is 3. The zero-order chi connectivity index (χ0) is 19.8. The van der Waals surface area contributed by atoms with Crippen LogP contribution in [0.15, 0.2) is 45.2 Å². The van der Waals surface area contributed by atoms with Gasteiger partial charge in [-0.2, -0.15) is 0 Å². The molecular weight excluding hydrogens is 427 g/mol. The summed E-state index contributed by atoms with van der Waals surface area (Å²) in [7, 11) is 0. The van der Waals surface area contributed by atoms with Crippen molar-refractivity contribution in [2.45, 2.75) is 32.1 Å². The number of carbonyl (C=O) groups excluding carboxylic acids is 2. The minimum atomic E-state index is -0.490. The van der Waals surface area contributed by atoms with E-state index in [0.29, 0.717) is 48.3 Å². The fourth-order valence-electron chi connectivity index (χ4n) is 4.23. The maximum Gasteiger partial charge on any atom is 0.252 e. The van der Waals surface area contributed by atoms with Gasteiger partial charge in [0.15, 0.2) is 5.78 Å². The van der Waals surface area contributed by atoms with Crippen molar-refractivity contribution in [3.05, 3.63) is 56.6 Å². The van der Waals surface area contributed by atoms with E-state index in [-0.39, 0.29) is 17.5 Å². The fourth-order valence-corrected chi connectivity index (χ4v) is 4.63. The number of hydrogen-bond donors (Lipinski definition) is 1. The number of amides is 1. The van der Waals surface area contributed by atoms with E-state index in [0.717, 1.165) is 29.8 Å². The number of benzene rings is 1. The van der Waals surface area contributed by atoms with Gasteiger partial charge in [-0.1, -0.05) is 6.07 Å². The number of nitrogens with zero attached hydrogens (tertiary/aromatic N) is 1. The zero-order valence-corrected chi connectivity index (χ0v) is 17.3. The highest BCUT2D eigenvalue weighted by Crippen LogP contribution is 2.43. The van der Waals surface area contributed by atoms with Crippen LogP contribution in [0.3, 0.4) is 0 Å². The summed E-state index contributed by atoms with van der Waals surface area (Å²) in [6, 6.07) is 4.72. The van der Waals surface area contributed by atoms with Crippen molar-refractivity contribution in [3.8, 4) is 0 Å². The van der Waals surface area contributed by atoms with Crippen molar-refractivity contribution in [2.24, 2.45) is 0 Å². The molecule has 1 amide bonds. The van der Waals surface area contributed by atoms with E-state index < -0.39 is 5.92 Å². The minimum absolute atomic E-state index is 0.0546. The number of ether oxygens (including phenoxy) is 1. The van der Waals surface area contributed by atoms with Crippen molar-refractivity contribution in [3.63, 3.8) is 0 Å². The Kier molecular flexibility index (Phi) is 5.38. The second kappa shape index (κ2) is 7.79. The van der Waals surface area contributed by atoms with Crippen molar-refractivity contribution < 1.29 is 18.7 Å². The second-order valence-electron chi connectivity index (χ2n) is 7.34. The Balaban J connectivity index is 1.83. The van der Waals surface area contributed by atoms with E-state index in [1.807, 2.05) is 6.92 Å². The molecule has 2 heterocycles. The maximum atomic E-state index is 13.9. The Morgan fingerprint density at radius 2 is 2.04 bits per heavy atom. The topological polar surface area (TPSA) is 58.6 Å². The van der Waals surface area contributed by atoms with Crippen LogP contribution in [0.25, 0.3) is 0 Å². The number of ketones is 1. The first-order chi connectivity index (χ1) is 13.5. The van der Waals surface area contributed by atoms with Crippen LogP contribution in [-0.2, 0) is 14.3 Å². The minimum Gasteiger partial charge on any atom is -0.378 e. The average Bonchev–Trinajstić information content (AvgIpc) is 2.69. The third-order valence-corrected chi connectivity index (χ3v) is 6.19. The molecule has 1 aromatic rings. The number of halogens is 2. The van der Waals surface area contributed by atoms with Crippen molar-refractivity contribution in [1.29, 1.82) is 0 Å². The summed E-state index contributed by atoms with van der Waals surface area (Å²) in [5.74, 6) is -0.900. The Hall–Kier alpha value is -1.99. The first kappa shape index (κ1) is 19.3. The van der Waals surface area contributed by atoms with Crippen LogP contribution in [0.2, 0.25) is 0 Å². The van der Waals surface area contributed by atoms with Gasteiger partial charge in [0.25, 0.3) is 5.91 Å². The summed E-state index contributed by atoms with van der Waals surface area (Å²) in [5.41, 5.74) is 3.60. The molecule has 3 aliphatic rings. The summed E-state index contributed by atoms with van der Waals surface area (Å²) in [4.78, 5) is 28.1. The molecule has 4 rings (SSSR count). The Morgan fingerprint density at radius 3 is 2.75 bits per heavy atom. The van der Waals surface area contributed by atoms with Crippen LogP contribution < -0.4 is 5.32 Å². The van der Waals surface area contributed by atoms with Crippen LogP contribution >= 0.6 is 15.9 Å². The number of dihydropyridines is 1. The molecule has 1 N–H and O–H groups in total. The SMILES string of the molecule is CC1=C(C(=O)N2CCOCC2)[C@H](c2ccc(F)c(Br)c2)C2=C(CCCC2=O)N1. The molecule has 0 spiro atoms. The Morgan fingerprint density at radius 1 is 1.29 bits per heavy atom. The highest BCUT2D eigenvalue weighted by atomic mass is 79.9. The predicted octanol–water partition coefficient (Wildman–Crippen LogP) is 3.41. The van der Waals surface area contributed by atoms with Crippen molar-refractivity contribution in [1.82, 2.24) is 10.2 Å². The van der Waals surface area contributed by atoms with Gasteiger partial charge in [-0.15, -0.1) is 0 Å². The van der Waals surface area contributed by atoms with Crippen LogP contribution in [0.1, 0.15) is 37.7 Å². The first-order valence-electron chi connectivity index (χ1n) is 9.53. The molecule has 148 valence electrons. The number of hydrogen-bond acceptors (Lipinski definition) is 4. The molecule has 1 fully saturated rings.